The first-order valence-corrected chi connectivity index (χ1v) is 5.62. The average Bonchev–Trinajstić information content (AvgIpc) is 2.36. The Hall–Kier alpha value is -1.99. The molecule has 1 aromatic rings. The summed E-state index contributed by atoms with van der Waals surface area (Å²) >= 11 is 5.94. The fraction of sp³-hybridized carbons (Fsp3) is 0.231. The van der Waals surface area contributed by atoms with Crippen molar-refractivity contribution in [2.24, 2.45) is 0 Å². The van der Waals surface area contributed by atoms with Gasteiger partial charge in [-0.05, 0) is 30.7 Å². The van der Waals surface area contributed by atoms with Gasteiger partial charge in [0.05, 0.1) is 18.7 Å². The lowest BCUT2D eigenvalue weighted by Crippen LogP contribution is -2.05. The number of halogens is 1. The van der Waals surface area contributed by atoms with Crippen molar-refractivity contribution in [3.05, 3.63) is 34.4 Å². The zero-order valence-corrected chi connectivity index (χ0v) is 10.8. The summed E-state index contributed by atoms with van der Waals surface area (Å²) in [4.78, 5) is 11.4. The van der Waals surface area contributed by atoms with Gasteiger partial charge in [0.1, 0.15) is 17.4 Å². The normalized spacial score (nSPS) is 10.7. The van der Waals surface area contributed by atoms with Crippen LogP contribution in [0.25, 0.3) is 6.08 Å². The Labute approximate surface area is 110 Å². The molecule has 0 spiro atoms. The minimum atomic E-state index is -0.646. The molecular formula is C13H12ClNO3. The lowest BCUT2D eigenvalue weighted by atomic mass is 10.1. The Kier molecular flexibility index (Phi) is 5.22. The molecule has 0 aromatic heterocycles. The van der Waals surface area contributed by atoms with Gasteiger partial charge in [0.25, 0.3) is 0 Å². The first-order valence-electron chi connectivity index (χ1n) is 5.24. The van der Waals surface area contributed by atoms with Gasteiger partial charge in [-0.25, -0.2) is 4.79 Å². The van der Waals surface area contributed by atoms with Crippen LogP contribution in [0.15, 0.2) is 23.8 Å². The van der Waals surface area contributed by atoms with Gasteiger partial charge in [-0.3, -0.25) is 0 Å². The monoisotopic (exact) mass is 265 g/mol. The van der Waals surface area contributed by atoms with Crippen molar-refractivity contribution in [3.8, 4) is 11.8 Å². The Morgan fingerprint density at radius 1 is 1.56 bits per heavy atom. The van der Waals surface area contributed by atoms with E-state index >= 15 is 0 Å². The van der Waals surface area contributed by atoms with Crippen LogP contribution in [0.5, 0.6) is 5.75 Å². The molecular weight excluding hydrogens is 254 g/mol. The topological polar surface area (TPSA) is 59.3 Å². The van der Waals surface area contributed by atoms with Gasteiger partial charge in [-0.2, -0.15) is 5.26 Å². The molecule has 0 saturated heterocycles. The van der Waals surface area contributed by atoms with E-state index in [9.17, 15) is 4.79 Å². The van der Waals surface area contributed by atoms with Crippen molar-refractivity contribution >= 4 is 23.6 Å². The molecule has 0 unspecified atom stereocenters. The number of carbonyl (C=O) groups excluding carboxylic acids is 1. The zero-order chi connectivity index (χ0) is 13.5. The van der Waals surface area contributed by atoms with Crippen molar-refractivity contribution in [1.82, 2.24) is 0 Å². The van der Waals surface area contributed by atoms with Crippen LogP contribution in [0.3, 0.4) is 0 Å². The van der Waals surface area contributed by atoms with Crippen LogP contribution < -0.4 is 4.74 Å². The minimum absolute atomic E-state index is 0.0712. The number of methoxy groups -OCH3 is 1. The molecule has 0 amide bonds. The quantitative estimate of drug-likeness (QED) is 0.477. The van der Waals surface area contributed by atoms with Gasteiger partial charge >= 0.3 is 5.97 Å². The lowest BCUT2D eigenvalue weighted by molar-refractivity contribution is -0.137. The van der Waals surface area contributed by atoms with Gasteiger partial charge in [0.2, 0.25) is 0 Å². The molecule has 0 aliphatic heterocycles. The molecule has 0 aliphatic rings. The van der Waals surface area contributed by atoms with E-state index in [-0.39, 0.29) is 12.2 Å². The number of rotatable bonds is 4. The highest BCUT2D eigenvalue weighted by Crippen LogP contribution is 2.25. The van der Waals surface area contributed by atoms with E-state index in [0.717, 1.165) is 0 Å². The van der Waals surface area contributed by atoms with Crippen molar-refractivity contribution < 1.29 is 14.3 Å². The third kappa shape index (κ3) is 3.51. The molecule has 0 N–H and O–H groups in total. The van der Waals surface area contributed by atoms with Crippen LogP contribution in [0, 0.1) is 11.3 Å². The largest absolute Gasteiger partial charge is 0.495 e. The van der Waals surface area contributed by atoms with Crippen LogP contribution in [-0.4, -0.2) is 19.7 Å². The second-order valence-corrected chi connectivity index (χ2v) is 3.69. The van der Waals surface area contributed by atoms with Crippen LogP contribution >= 0.6 is 11.6 Å². The maximum absolute atomic E-state index is 11.4. The molecule has 0 fully saturated rings. The van der Waals surface area contributed by atoms with Gasteiger partial charge in [0.15, 0.2) is 0 Å². The van der Waals surface area contributed by atoms with Gasteiger partial charge in [0, 0.05) is 0 Å². The van der Waals surface area contributed by atoms with Gasteiger partial charge in [-0.15, -0.1) is 0 Å². The fourth-order valence-electron chi connectivity index (χ4n) is 1.28. The van der Waals surface area contributed by atoms with Crippen molar-refractivity contribution in [2.45, 2.75) is 6.92 Å². The van der Waals surface area contributed by atoms with E-state index in [1.54, 1.807) is 31.2 Å². The van der Waals surface area contributed by atoms with Crippen LogP contribution in [-0.2, 0) is 9.53 Å². The van der Waals surface area contributed by atoms with Crippen LogP contribution in [0.1, 0.15) is 12.5 Å². The molecule has 18 heavy (non-hydrogen) atoms. The number of esters is 1. The highest BCUT2D eigenvalue weighted by Gasteiger charge is 2.10. The zero-order valence-electron chi connectivity index (χ0n) is 10.1. The van der Waals surface area contributed by atoms with E-state index in [1.807, 2.05) is 0 Å². The summed E-state index contributed by atoms with van der Waals surface area (Å²) in [7, 11) is 1.51. The van der Waals surface area contributed by atoms with E-state index in [2.05, 4.69) is 0 Å². The van der Waals surface area contributed by atoms with Gasteiger partial charge < -0.3 is 9.47 Å². The second kappa shape index (κ2) is 6.67. The second-order valence-electron chi connectivity index (χ2n) is 3.28. The maximum atomic E-state index is 11.4. The van der Waals surface area contributed by atoms with Crippen LogP contribution in [0.4, 0.5) is 0 Å². The summed E-state index contributed by atoms with van der Waals surface area (Å²) in [6, 6.07) is 6.76. The molecule has 0 bridgehead atoms. The van der Waals surface area contributed by atoms with Crippen molar-refractivity contribution in [3.63, 3.8) is 0 Å². The summed E-state index contributed by atoms with van der Waals surface area (Å²) in [5.74, 6) is -0.115. The number of benzene rings is 1. The Morgan fingerprint density at radius 3 is 2.78 bits per heavy atom. The molecule has 1 aromatic carbocycles. The Balaban J connectivity index is 3.04. The van der Waals surface area contributed by atoms with Crippen molar-refractivity contribution in [1.29, 1.82) is 5.26 Å². The lowest BCUT2D eigenvalue weighted by Gasteiger charge is -2.04. The number of carbonyl (C=O) groups is 1. The summed E-state index contributed by atoms with van der Waals surface area (Å²) in [6.07, 6.45) is 1.42. The Morgan fingerprint density at radius 2 is 2.28 bits per heavy atom. The summed E-state index contributed by atoms with van der Waals surface area (Å²) in [5, 5.41) is 9.29. The summed E-state index contributed by atoms with van der Waals surface area (Å²) < 4.78 is 9.76. The smallest absolute Gasteiger partial charge is 0.348 e. The van der Waals surface area contributed by atoms with Crippen LogP contribution in [0.2, 0.25) is 5.02 Å². The molecule has 0 saturated carbocycles. The molecule has 1 rings (SSSR count). The van der Waals surface area contributed by atoms with E-state index in [4.69, 9.17) is 26.3 Å². The molecule has 5 heteroatoms. The average molecular weight is 266 g/mol. The van der Waals surface area contributed by atoms with E-state index in [0.29, 0.717) is 16.3 Å². The minimum Gasteiger partial charge on any atom is -0.495 e. The number of ether oxygens (including phenoxy) is 2. The summed E-state index contributed by atoms with van der Waals surface area (Å²) in [5.41, 5.74) is 0.559. The molecule has 4 nitrogen and oxygen atoms in total. The molecule has 0 heterocycles. The number of nitriles is 1. The van der Waals surface area contributed by atoms with Crippen molar-refractivity contribution in [2.75, 3.05) is 13.7 Å². The molecule has 0 atom stereocenters. The predicted molar refractivity (Wildman–Crippen MR) is 68.2 cm³/mol. The highest BCUT2D eigenvalue weighted by molar-refractivity contribution is 6.32. The number of hydrogen-bond acceptors (Lipinski definition) is 4. The third-order valence-corrected chi connectivity index (χ3v) is 2.40. The highest BCUT2D eigenvalue weighted by atomic mass is 35.5. The predicted octanol–water partition coefficient (Wildman–Crippen LogP) is 2.82. The third-order valence-electron chi connectivity index (χ3n) is 2.10. The van der Waals surface area contributed by atoms with Gasteiger partial charge in [-0.1, -0.05) is 17.7 Å². The molecule has 94 valence electrons. The summed E-state index contributed by atoms with van der Waals surface area (Å²) in [6.45, 7) is 1.90. The molecule has 0 radical (unpaired) electrons. The standard InChI is InChI=1S/C13H12ClNO3/c1-3-18-13(16)10(8-15)6-9-4-5-12(17-2)11(14)7-9/h4-7H,3H2,1-2H3/b10-6+. The first kappa shape index (κ1) is 14.1. The number of hydrogen-bond donors (Lipinski definition) is 0. The Bertz CT molecular complexity index is 517. The first-order chi connectivity index (χ1) is 8.62. The SMILES string of the molecule is CCOC(=O)/C(C#N)=C/c1ccc(OC)c(Cl)c1. The maximum Gasteiger partial charge on any atom is 0.348 e. The molecule has 0 aliphatic carbocycles. The van der Waals surface area contributed by atoms with E-state index in [1.165, 1.54) is 13.2 Å². The fourth-order valence-corrected chi connectivity index (χ4v) is 1.55. The number of nitrogens with zero attached hydrogens (tertiary/aromatic N) is 1. The van der Waals surface area contributed by atoms with E-state index < -0.39 is 5.97 Å².